The van der Waals surface area contributed by atoms with Crippen LogP contribution in [0.2, 0.25) is 0 Å². The molecule has 206 valence electrons. The van der Waals surface area contributed by atoms with Crippen molar-refractivity contribution in [3.8, 4) is 11.6 Å². The van der Waals surface area contributed by atoms with Crippen LogP contribution >= 0.6 is 0 Å². The number of rotatable bonds is 3. The van der Waals surface area contributed by atoms with Crippen LogP contribution in [0, 0.1) is 16.7 Å². The van der Waals surface area contributed by atoms with Crippen molar-refractivity contribution in [1.29, 1.82) is 0 Å². The molecule has 4 atom stereocenters. The van der Waals surface area contributed by atoms with Crippen molar-refractivity contribution >= 4 is 16.9 Å². The summed E-state index contributed by atoms with van der Waals surface area (Å²) in [5.74, 6) is 1.71. The number of carbonyl (C=O) groups excluding carboxylic acids is 1. The topological polar surface area (TPSA) is 94.6 Å². The molecule has 2 heterocycles. The number of methoxy groups -OCH3 is 1. The lowest BCUT2D eigenvalue weighted by Gasteiger charge is -2.30. The summed E-state index contributed by atoms with van der Waals surface area (Å²) in [6.07, 6.45) is 10.1. The highest BCUT2D eigenvalue weighted by molar-refractivity contribution is 5.82. The van der Waals surface area contributed by atoms with Crippen LogP contribution in [0.4, 0.5) is 0 Å². The third-order valence-corrected chi connectivity index (χ3v) is 8.21. The van der Waals surface area contributed by atoms with Gasteiger partial charge in [-0.25, -0.2) is 9.97 Å². The Hall–Kier alpha value is -2.71. The van der Waals surface area contributed by atoms with E-state index in [1.165, 1.54) is 25.7 Å². The van der Waals surface area contributed by atoms with Crippen molar-refractivity contribution in [1.82, 2.24) is 20.8 Å². The second kappa shape index (κ2) is 10.8. The molecule has 8 nitrogen and oxygen atoms in total. The van der Waals surface area contributed by atoms with Crippen LogP contribution in [0.15, 0.2) is 30.9 Å². The molecule has 2 saturated carbocycles. The van der Waals surface area contributed by atoms with Crippen LogP contribution in [0.25, 0.3) is 11.0 Å². The maximum Gasteiger partial charge on any atom is 0.240 e. The quantitative estimate of drug-likeness (QED) is 0.553. The zero-order valence-corrected chi connectivity index (χ0v) is 23.2. The number of nitrogens with one attached hydrogen (secondary N) is 2. The van der Waals surface area contributed by atoms with Gasteiger partial charge in [-0.3, -0.25) is 9.63 Å². The molecule has 0 bridgehead atoms. The van der Waals surface area contributed by atoms with Crippen LogP contribution in [-0.2, 0) is 16.1 Å². The average Bonchev–Trinajstić information content (AvgIpc) is 3.80. The lowest BCUT2D eigenvalue weighted by molar-refractivity contribution is -0.133. The summed E-state index contributed by atoms with van der Waals surface area (Å²) >= 11 is 0. The summed E-state index contributed by atoms with van der Waals surface area (Å²) < 4.78 is 11.9. The first kappa shape index (κ1) is 26.9. The van der Waals surface area contributed by atoms with E-state index < -0.39 is 6.04 Å². The summed E-state index contributed by atoms with van der Waals surface area (Å²) in [4.78, 5) is 29.2. The molecule has 1 aromatic heterocycles. The van der Waals surface area contributed by atoms with Crippen molar-refractivity contribution in [3.63, 3.8) is 0 Å². The van der Waals surface area contributed by atoms with Gasteiger partial charge in [0.05, 0.1) is 30.8 Å². The Morgan fingerprint density at radius 2 is 2.03 bits per heavy atom. The number of ether oxygens (including phenoxy) is 2. The van der Waals surface area contributed by atoms with Crippen LogP contribution in [0.5, 0.6) is 11.6 Å². The molecule has 0 saturated heterocycles. The molecule has 8 heteroatoms. The standard InChI is InChI=1S/C30H42N4O4/c1-6-8-21-18-31-27(35)26(29(2,3)4)34-38-25-15-19(25)17-30(13-14-30)12-7-9-23-28(37-21)33-24-16-20(36-5)10-11-22(24)32-23/h6,10-11,16,19,21,25-26,34H,1,7-9,12-15,17-18H2,2-5H3,(H,31,35)/t19-,21+,25+,26+/m0/s1. The third kappa shape index (κ3) is 6.29. The molecule has 5 rings (SSSR count). The van der Waals surface area contributed by atoms with Crippen LogP contribution in [0.1, 0.15) is 71.4 Å². The van der Waals surface area contributed by atoms with Crippen molar-refractivity contribution < 1.29 is 19.1 Å². The van der Waals surface area contributed by atoms with E-state index in [1.807, 2.05) is 45.0 Å². The highest BCUT2D eigenvalue weighted by Gasteiger charge is 2.50. The average molecular weight is 523 g/mol. The van der Waals surface area contributed by atoms with Crippen molar-refractivity contribution in [3.05, 3.63) is 36.5 Å². The molecule has 38 heavy (non-hydrogen) atoms. The van der Waals surface area contributed by atoms with Crippen molar-refractivity contribution in [2.45, 2.75) is 90.4 Å². The number of amides is 1. The first-order chi connectivity index (χ1) is 18.2. The van der Waals surface area contributed by atoms with Gasteiger partial charge in [0.1, 0.15) is 23.6 Å². The van der Waals surface area contributed by atoms with Gasteiger partial charge in [0, 0.05) is 12.5 Å². The number of carbonyl (C=O) groups is 1. The summed E-state index contributed by atoms with van der Waals surface area (Å²) in [5, 5.41) is 3.08. The van der Waals surface area contributed by atoms with Crippen LogP contribution in [0.3, 0.4) is 0 Å². The molecule has 2 aromatic rings. The number of nitrogens with zero attached hydrogens (tertiary/aromatic N) is 2. The smallest absolute Gasteiger partial charge is 0.240 e. The predicted octanol–water partition coefficient (Wildman–Crippen LogP) is 4.91. The molecule has 2 aliphatic carbocycles. The maximum absolute atomic E-state index is 13.3. The molecule has 0 radical (unpaired) electrons. The maximum atomic E-state index is 13.3. The Kier molecular flexibility index (Phi) is 7.65. The predicted molar refractivity (Wildman–Crippen MR) is 147 cm³/mol. The summed E-state index contributed by atoms with van der Waals surface area (Å²) in [6.45, 7) is 10.4. The third-order valence-electron chi connectivity index (χ3n) is 8.21. The second-order valence-corrected chi connectivity index (χ2v) is 12.5. The van der Waals surface area contributed by atoms with Gasteiger partial charge in [-0.05, 0) is 73.8 Å². The van der Waals surface area contributed by atoms with Gasteiger partial charge >= 0.3 is 0 Å². The SMILES string of the molecule is C=CC[C@@H]1CNC(=O)[C@H](C(C)(C)C)NO[C@@H]2C[C@H]2CC2(CCCc3nc4ccc(OC)cc4nc3O1)CC2. The number of benzene rings is 1. The Morgan fingerprint density at radius 1 is 1.21 bits per heavy atom. The first-order valence-electron chi connectivity index (χ1n) is 14.0. The Balaban J connectivity index is 1.44. The second-order valence-electron chi connectivity index (χ2n) is 12.5. The zero-order chi connectivity index (χ0) is 26.9. The van der Waals surface area contributed by atoms with E-state index in [-0.39, 0.29) is 23.5 Å². The monoisotopic (exact) mass is 522 g/mol. The minimum Gasteiger partial charge on any atom is -0.497 e. The highest BCUT2D eigenvalue weighted by Crippen LogP contribution is 2.58. The van der Waals surface area contributed by atoms with E-state index in [2.05, 4.69) is 17.4 Å². The first-order valence-corrected chi connectivity index (χ1v) is 14.0. The van der Waals surface area contributed by atoms with Gasteiger partial charge in [-0.2, -0.15) is 5.48 Å². The molecule has 0 unspecified atom stereocenters. The Labute approximate surface area is 225 Å². The molecule has 1 spiro atoms. The van der Waals surface area contributed by atoms with E-state index in [1.54, 1.807) is 7.11 Å². The number of hydrogen-bond acceptors (Lipinski definition) is 7. The fourth-order valence-electron chi connectivity index (χ4n) is 5.55. The number of hydroxylamine groups is 1. The van der Waals surface area contributed by atoms with E-state index in [0.717, 1.165) is 41.7 Å². The largest absolute Gasteiger partial charge is 0.497 e. The fourth-order valence-corrected chi connectivity index (χ4v) is 5.55. The van der Waals surface area contributed by atoms with Gasteiger partial charge in [-0.15, -0.1) is 6.58 Å². The van der Waals surface area contributed by atoms with Gasteiger partial charge < -0.3 is 14.8 Å². The van der Waals surface area contributed by atoms with E-state index in [9.17, 15) is 4.79 Å². The van der Waals surface area contributed by atoms with Crippen LogP contribution in [-0.4, -0.2) is 47.8 Å². The Bertz CT molecular complexity index is 1170. The highest BCUT2D eigenvalue weighted by atomic mass is 16.7. The van der Waals surface area contributed by atoms with Gasteiger partial charge in [-0.1, -0.05) is 26.8 Å². The normalized spacial score (nSPS) is 27.8. The van der Waals surface area contributed by atoms with Gasteiger partial charge in [0.25, 0.3) is 0 Å². The van der Waals surface area contributed by atoms with E-state index in [0.29, 0.717) is 30.2 Å². The number of fused-ring (bicyclic) bond motifs is 3. The van der Waals surface area contributed by atoms with Gasteiger partial charge in [0.2, 0.25) is 11.8 Å². The van der Waals surface area contributed by atoms with E-state index in [4.69, 9.17) is 24.3 Å². The summed E-state index contributed by atoms with van der Waals surface area (Å²) in [7, 11) is 1.64. The molecule has 3 aliphatic rings. The molecule has 2 N–H and O–H groups in total. The number of hydrogen-bond donors (Lipinski definition) is 2. The lowest BCUT2D eigenvalue weighted by Crippen LogP contribution is -2.53. The van der Waals surface area contributed by atoms with Crippen molar-refractivity contribution in [2.24, 2.45) is 16.7 Å². The Morgan fingerprint density at radius 3 is 2.74 bits per heavy atom. The van der Waals surface area contributed by atoms with Crippen LogP contribution < -0.4 is 20.3 Å². The number of aromatic nitrogens is 2. The fraction of sp³-hybridized carbons (Fsp3) is 0.633. The minimum absolute atomic E-state index is 0.107. The zero-order valence-electron chi connectivity index (χ0n) is 23.2. The molecule has 2 fully saturated rings. The lowest BCUT2D eigenvalue weighted by atomic mass is 9.86. The minimum atomic E-state index is -0.484. The molecule has 1 aromatic carbocycles. The van der Waals surface area contributed by atoms with E-state index >= 15 is 0 Å². The van der Waals surface area contributed by atoms with Crippen molar-refractivity contribution in [2.75, 3.05) is 13.7 Å². The molecular weight excluding hydrogens is 480 g/mol. The number of aryl methyl sites for hydroxylation is 1. The molecule has 1 aliphatic heterocycles. The summed E-state index contributed by atoms with van der Waals surface area (Å²) in [5.41, 5.74) is 5.64. The molecule has 1 amide bonds. The summed E-state index contributed by atoms with van der Waals surface area (Å²) in [6, 6.07) is 5.25. The van der Waals surface area contributed by atoms with Gasteiger partial charge in [0.15, 0.2) is 0 Å². The molecular formula is C30H42N4O4.